The van der Waals surface area contributed by atoms with Crippen molar-refractivity contribution in [1.29, 1.82) is 0 Å². The van der Waals surface area contributed by atoms with Crippen LogP contribution < -0.4 is 0 Å². The van der Waals surface area contributed by atoms with Crippen LogP contribution in [0.4, 0.5) is 4.39 Å². The van der Waals surface area contributed by atoms with Gasteiger partial charge in [0, 0.05) is 0 Å². The Morgan fingerprint density at radius 1 is 1.60 bits per heavy atom. The molecule has 0 aromatic carbocycles. The Labute approximate surface area is 59.1 Å². The van der Waals surface area contributed by atoms with Crippen molar-refractivity contribution in [2.75, 3.05) is 0 Å². The molecule has 0 N–H and O–H groups in total. The summed E-state index contributed by atoms with van der Waals surface area (Å²) >= 11 is 0. The summed E-state index contributed by atoms with van der Waals surface area (Å²) in [6.45, 7) is 2.90. The maximum absolute atomic E-state index is 13.0. The summed E-state index contributed by atoms with van der Waals surface area (Å²) in [5.74, 6) is 0. The Morgan fingerprint density at radius 3 is 2.60 bits per heavy atom. The van der Waals surface area contributed by atoms with Crippen molar-refractivity contribution in [3.8, 4) is 0 Å². The molecule has 0 bridgehead atoms. The van der Waals surface area contributed by atoms with Gasteiger partial charge < -0.3 is 0 Å². The van der Waals surface area contributed by atoms with Crippen LogP contribution in [0.2, 0.25) is 0 Å². The molecule has 0 aliphatic rings. The second-order valence-corrected chi connectivity index (χ2v) is 2.50. The van der Waals surface area contributed by atoms with Gasteiger partial charge in [0.15, 0.2) is 0 Å². The summed E-state index contributed by atoms with van der Waals surface area (Å²) in [5.41, 5.74) is -1.03. The van der Waals surface area contributed by atoms with E-state index in [9.17, 15) is 4.39 Å². The second-order valence-electron chi connectivity index (χ2n) is 2.50. The molecule has 2 nitrogen and oxygen atoms in total. The third-order valence-electron chi connectivity index (χ3n) is 1.14. The topological polar surface area (TPSA) is 25.8 Å². The van der Waals surface area contributed by atoms with Crippen LogP contribution in [-0.4, -0.2) is 9.97 Å². The Hall–Kier alpha value is -0.990. The summed E-state index contributed by atoms with van der Waals surface area (Å²) in [6, 6.07) is 1.44. The van der Waals surface area contributed by atoms with E-state index in [0.717, 1.165) is 0 Å². The van der Waals surface area contributed by atoms with Crippen molar-refractivity contribution in [3.63, 3.8) is 0 Å². The van der Waals surface area contributed by atoms with E-state index in [2.05, 4.69) is 16.2 Å². The molecule has 53 valence electrons. The molecule has 10 heavy (non-hydrogen) atoms. The molecule has 1 aromatic heterocycles. The fourth-order valence-corrected chi connectivity index (χ4v) is 0.585. The van der Waals surface area contributed by atoms with Gasteiger partial charge in [0.25, 0.3) is 0 Å². The first-order chi connectivity index (χ1) is 4.61. The van der Waals surface area contributed by atoms with E-state index in [4.69, 9.17) is 0 Å². The standard InChI is InChI=1S/C7H8FN2/c1-7(2,8)6-3-4-9-5-10-6/h3,5H,1-2H3. The molecule has 0 spiro atoms. The van der Waals surface area contributed by atoms with Gasteiger partial charge in [-0.3, -0.25) is 0 Å². The second kappa shape index (κ2) is 2.33. The third-order valence-corrected chi connectivity index (χ3v) is 1.14. The van der Waals surface area contributed by atoms with Crippen LogP contribution in [0.15, 0.2) is 12.4 Å². The van der Waals surface area contributed by atoms with Crippen LogP contribution in [-0.2, 0) is 5.67 Å². The summed E-state index contributed by atoms with van der Waals surface area (Å²) in [6.07, 6.45) is 3.80. The molecule has 1 radical (unpaired) electrons. The predicted molar refractivity (Wildman–Crippen MR) is 35.0 cm³/mol. The quantitative estimate of drug-likeness (QED) is 0.589. The highest BCUT2D eigenvalue weighted by Gasteiger charge is 2.19. The maximum Gasteiger partial charge on any atom is 0.147 e. The van der Waals surface area contributed by atoms with Crippen LogP contribution in [0.3, 0.4) is 0 Å². The van der Waals surface area contributed by atoms with Gasteiger partial charge in [0.2, 0.25) is 0 Å². The first kappa shape index (κ1) is 7.12. The van der Waals surface area contributed by atoms with E-state index in [0.29, 0.717) is 5.69 Å². The van der Waals surface area contributed by atoms with Gasteiger partial charge in [-0.2, -0.15) is 0 Å². The van der Waals surface area contributed by atoms with E-state index in [1.807, 2.05) is 0 Å². The minimum Gasteiger partial charge on any atom is -0.238 e. The Balaban J connectivity index is 2.97. The van der Waals surface area contributed by atoms with Crippen LogP contribution in [0.5, 0.6) is 0 Å². The molecular formula is C7H8FN2. The number of halogens is 1. The highest BCUT2D eigenvalue weighted by molar-refractivity contribution is 5.05. The summed E-state index contributed by atoms with van der Waals surface area (Å²) in [7, 11) is 0. The van der Waals surface area contributed by atoms with Gasteiger partial charge in [0.1, 0.15) is 12.0 Å². The van der Waals surface area contributed by atoms with Gasteiger partial charge in [-0.15, -0.1) is 0 Å². The average molecular weight is 139 g/mol. The molecule has 0 fully saturated rings. The Kier molecular flexibility index (Phi) is 1.66. The molecule has 1 rings (SSSR count). The van der Waals surface area contributed by atoms with Crippen LogP contribution in [0.1, 0.15) is 19.5 Å². The van der Waals surface area contributed by atoms with Crippen molar-refractivity contribution < 1.29 is 4.39 Å². The average Bonchev–Trinajstić information content (AvgIpc) is 1.88. The summed E-state index contributed by atoms with van der Waals surface area (Å²) in [4.78, 5) is 7.29. The van der Waals surface area contributed by atoms with Gasteiger partial charge in [-0.1, -0.05) is 0 Å². The Bertz CT molecular complexity index is 203. The van der Waals surface area contributed by atoms with Crippen LogP contribution in [0.25, 0.3) is 0 Å². The zero-order valence-corrected chi connectivity index (χ0v) is 5.93. The van der Waals surface area contributed by atoms with E-state index in [-0.39, 0.29) is 0 Å². The molecule has 0 unspecified atom stereocenters. The van der Waals surface area contributed by atoms with Gasteiger partial charge in [0.05, 0.1) is 11.9 Å². The van der Waals surface area contributed by atoms with E-state index in [1.165, 1.54) is 26.2 Å². The predicted octanol–water partition coefficient (Wildman–Crippen LogP) is 1.48. The molecule has 0 saturated carbocycles. The first-order valence-corrected chi connectivity index (χ1v) is 2.98. The minimum absolute atomic E-state index is 0.363. The zero-order valence-electron chi connectivity index (χ0n) is 5.93. The first-order valence-electron chi connectivity index (χ1n) is 2.98. The number of aromatic nitrogens is 2. The van der Waals surface area contributed by atoms with Gasteiger partial charge in [-0.25, -0.2) is 14.4 Å². The lowest BCUT2D eigenvalue weighted by Gasteiger charge is -2.11. The van der Waals surface area contributed by atoms with E-state index < -0.39 is 5.67 Å². The molecule has 0 atom stereocenters. The molecule has 1 aromatic rings. The highest BCUT2D eigenvalue weighted by atomic mass is 19.1. The lowest BCUT2D eigenvalue weighted by molar-refractivity contribution is 0.214. The normalized spacial score (nSPS) is 11.5. The summed E-state index contributed by atoms with van der Waals surface area (Å²) < 4.78 is 13.0. The van der Waals surface area contributed by atoms with E-state index >= 15 is 0 Å². The maximum atomic E-state index is 13.0. The van der Waals surface area contributed by atoms with Crippen molar-refractivity contribution in [3.05, 3.63) is 24.3 Å². The van der Waals surface area contributed by atoms with Gasteiger partial charge >= 0.3 is 0 Å². The molecule has 0 saturated heterocycles. The fourth-order valence-electron chi connectivity index (χ4n) is 0.585. The SMILES string of the molecule is CC(C)(F)c1c[c]ncn1. The lowest BCUT2D eigenvalue weighted by Crippen LogP contribution is -2.11. The number of alkyl halides is 1. The van der Waals surface area contributed by atoms with Crippen molar-refractivity contribution in [1.82, 2.24) is 9.97 Å². The number of hydrogen-bond acceptors (Lipinski definition) is 2. The largest absolute Gasteiger partial charge is 0.238 e. The van der Waals surface area contributed by atoms with Crippen molar-refractivity contribution in [2.24, 2.45) is 0 Å². The number of rotatable bonds is 1. The monoisotopic (exact) mass is 139 g/mol. The minimum atomic E-state index is -1.39. The van der Waals surface area contributed by atoms with E-state index in [1.54, 1.807) is 0 Å². The summed E-state index contributed by atoms with van der Waals surface area (Å²) in [5, 5.41) is 0. The number of hydrogen-bond donors (Lipinski definition) is 0. The molecule has 0 aliphatic carbocycles. The molecule has 1 heterocycles. The smallest absolute Gasteiger partial charge is 0.147 e. The van der Waals surface area contributed by atoms with Crippen molar-refractivity contribution >= 4 is 0 Å². The molecule has 3 heteroatoms. The van der Waals surface area contributed by atoms with Gasteiger partial charge in [-0.05, 0) is 19.9 Å². The number of nitrogens with zero attached hydrogens (tertiary/aromatic N) is 2. The van der Waals surface area contributed by atoms with Crippen molar-refractivity contribution in [2.45, 2.75) is 19.5 Å². The fraction of sp³-hybridized carbons (Fsp3) is 0.429. The lowest BCUT2D eigenvalue weighted by atomic mass is 10.1. The Morgan fingerprint density at radius 2 is 2.30 bits per heavy atom. The molecular weight excluding hydrogens is 131 g/mol. The van der Waals surface area contributed by atoms with Crippen LogP contribution in [0, 0.1) is 6.20 Å². The molecule has 0 amide bonds. The third kappa shape index (κ3) is 1.50. The highest BCUT2D eigenvalue weighted by Crippen LogP contribution is 2.20. The van der Waals surface area contributed by atoms with Crippen LogP contribution >= 0.6 is 0 Å². The zero-order chi connectivity index (χ0) is 7.61. The molecule has 0 aliphatic heterocycles.